The van der Waals surface area contributed by atoms with Crippen LogP contribution in [0.1, 0.15) is 20.3 Å². The molecule has 9 nitrogen and oxygen atoms in total. The van der Waals surface area contributed by atoms with Gasteiger partial charge in [-0.25, -0.2) is 0 Å². The Morgan fingerprint density at radius 1 is 1.57 bits per heavy atom. The van der Waals surface area contributed by atoms with Crippen LogP contribution in [0.25, 0.3) is 0 Å². The third-order valence-corrected chi connectivity index (χ3v) is 3.45. The molecular formula is C14H25N5O4. The Hall–Kier alpha value is -2.00. The van der Waals surface area contributed by atoms with Crippen molar-refractivity contribution < 1.29 is 19.4 Å². The Bertz CT molecular complexity index is 452. The highest BCUT2D eigenvalue weighted by Crippen LogP contribution is 2.11. The Balaban J connectivity index is 0.000000816. The van der Waals surface area contributed by atoms with Crippen molar-refractivity contribution in [1.29, 1.82) is 0 Å². The minimum Gasteiger partial charge on any atom is -0.483 e. The van der Waals surface area contributed by atoms with Crippen LogP contribution in [-0.2, 0) is 20.9 Å². The lowest BCUT2D eigenvalue weighted by Gasteiger charge is -2.35. The van der Waals surface area contributed by atoms with E-state index in [4.69, 9.17) is 14.6 Å². The largest absolute Gasteiger partial charge is 0.483 e. The maximum atomic E-state index is 11.9. The molecule has 1 fully saturated rings. The van der Waals surface area contributed by atoms with E-state index >= 15 is 0 Å². The molecule has 1 aromatic rings. The van der Waals surface area contributed by atoms with Crippen LogP contribution in [0.3, 0.4) is 0 Å². The van der Waals surface area contributed by atoms with E-state index in [0.29, 0.717) is 32.2 Å². The van der Waals surface area contributed by atoms with Crippen molar-refractivity contribution in [2.45, 2.75) is 39.0 Å². The van der Waals surface area contributed by atoms with Crippen molar-refractivity contribution in [1.82, 2.24) is 25.2 Å². The molecule has 9 heteroatoms. The number of hydrogen-bond acceptors (Lipinski definition) is 6. The van der Waals surface area contributed by atoms with Crippen LogP contribution >= 0.6 is 0 Å². The van der Waals surface area contributed by atoms with Gasteiger partial charge in [-0.05, 0) is 13.8 Å². The van der Waals surface area contributed by atoms with Gasteiger partial charge in [0.1, 0.15) is 0 Å². The Labute approximate surface area is 135 Å². The zero-order valence-corrected chi connectivity index (χ0v) is 13.6. The van der Waals surface area contributed by atoms with Crippen LogP contribution in [0, 0.1) is 0 Å². The molecule has 23 heavy (non-hydrogen) atoms. The van der Waals surface area contributed by atoms with E-state index in [9.17, 15) is 4.79 Å². The number of amides is 1. The number of carbonyl (C=O) groups is 2. The quantitative estimate of drug-likeness (QED) is 0.684. The summed E-state index contributed by atoms with van der Waals surface area (Å²) >= 11 is 0. The third kappa shape index (κ3) is 7.71. The maximum Gasteiger partial charge on any atom is 0.290 e. The fraction of sp³-hybridized carbons (Fsp3) is 0.714. The zero-order valence-electron chi connectivity index (χ0n) is 13.6. The second-order valence-electron chi connectivity index (χ2n) is 5.41. The van der Waals surface area contributed by atoms with Crippen LogP contribution in [0.15, 0.2) is 12.4 Å². The van der Waals surface area contributed by atoms with Crippen LogP contribution in [0.2, 0.25) is 0 Å². The first-order valence-electron chi connectivity index (χ1n) is 7.61. The fourth-order valence-corrected chi connectivity index (χ4v) is 2.28. The van der Waals surface area contributed by atoms with Gasteiger partial charge in [-0.15, -0.1) is 5.10 Å². The smallest absolute Gasteiger partial charge is 0.290 e. The molecule has 2 heterocycles. The summed E-state index contributed by atoms with van der Waals surface area (Å²) in [4.78, 5) is 22.6. The van der Waals surface area contributed by atoms with Crippen LogP contribution in [0.4, 0.5) is 0 Å². The van der Waals surface area contributed by atoms with Gasteiger partial charge in [0.15, 0.2) is 0 Å². The number of morpholine rings is 1. The minimum absolute atomic E-state index is 0.00230. The Kier molecular flexibility index (Phi) is 8.85. The predicted molar refractivity (Wildman–Crippen MR) is 82.8 cm³/mol. The molecule has 2 rings (SSSR count). The monoisotopic (exact) mass is 327 g/mol. The first-order chi connectivity index (χ1) is 11.1. The highest BCUT2D eigenvalue weighted by molar-refractivity contribution is 5.76. The molecule has 130 valence electrons. The predicted octanol–water partition coefficient (Wildman–Crippen LogP) is -0.406. The van der Waals surface area contributed by atoms with Gasteiger partial charge in [0, 0.05) is 31.9 Å². The summed E-state index contributed by atoms with van der Waals surface area (Å²) in [6.45, 7) is 7.75. The van der Waals surface area contributed by atoms with E-state index in [2.05, 4.69) is 34.4 Å². The van der Waals surface area contributed by atoms with Crippen LogP contribution in [-0.4, -0.2) is 75.8 Å². The lowest BCUT2D eigenvalue weighted by molar-refractivity contribution is -0.126. The van der Waals surface area contributed by atoms with Gasteiger partial charge in [0.2, 0.25) is 5.91 Å². The van der Waals surface area contributed by atoms with E-state index < -0.39 is 0 Å². The molecule has 1 aliphatic heterocycles. The first-order valence-corrected chi connectivity index (χ1v) is 7.61. The summed E-state index contributed by atoms with van der Waals surface area (Å²) in [5, 5.41) is 17.3. The molecular weight excluding hydrogens is 302 g/mol. The number of rotatable bonds is 6. The highest BCUT2D eigenvalue weighted by atomic mass is 16.5. The molecule has 0 aromatic carbocycles. The van der Waals surface area contributed by atoms with Crippen LogP contribution in [0.5, 0.6) is 0 Å². The number of carboxylic acid groups (broad SMARTS) is 1. The number of nitrogens with one attached hydrogen (secondary N) is 1. The average Bonchev–Trinajstić information content (AvgIpc) is 3.01. The third-order valence-electron chi connectivity index (χ3n) is 3.45. The molecule has 0 bridgehead atoms. The van der Waals surface area contributed by atoms with Crippen molar-refractivity contribution in [3.05, 3.63) is 12.4 Å². The van der Waals surface area contributed by atoms with E-state index in [1.807, 2.05) is 0 Å². The van der Waals surface area contributed by atoms with Gasteiger partial charge >= 0.3 is 0 Å². The first kappa shape index (κ1) is 19.0. The van der Waals surface area contributed by atoms with Gasteiger partial charge < -0.3 is 15.2 Å². The molecule has 0 radical (unpaired) electrons. The molecule has 1 amide bonds. The number of carbonyl (C=O) groups excluding carboxylic acids is 1. The zero-order chi connectivity index (χ0) is 17.1. The summed E-state index contributed by atoms with van der Waals surface area (Å²) < 4.78 is 7.34. The standard InChI is InChI=1S/C13H23N5O2.CH2O2/c1-11(2)17-7-8-20-12(10-17)9-13(19)14-3-5-18-6-4-15-16-18;2-1-3/h4,6,11-12H,3,5,7-10H2,1-2H3,(H,14,19);1H,(H,2,3). The number of nitrogens with zero attached hydrogens (tertiary/aromatic N) is 4. The minimum atomic E-state index is -0.250. The van der Waals surface area contributed by atoms with E-state index in [0.717, 1.165) is 13.1 Å². The van der Waals surface area contributed by atoms with Gasteiger partial charge in [0.05, 0.1) is 31.9 Å². The number of aromatic nitrogens is 3. The van der Waals surface area contributed by atoms with Crippen molar-refractivity contribution >= 4 is 12.4 Å². The van der Waals surface area contributed by atoms with Crippen molar-refractivity contribution in [3.8, 4) is 0 Å². The molecule has 0 saturated carbocycles. The lowest BCUT2D eigenvalue weighted by atomic mass is 10.1. The molecule has 1 atom stereocenters. The lowest BCUT2D eigenvalue weighted by Crippen LogP contribution is -2.47. The van der Waals surface area contributed by atoms with Crippen LogP contribution < -0.4 is 5.32 Å². The Morgan fingerprint density at radius 3 is 2.91 bits per heavy atom. The van der Waals surface area contributed by atoms with E-state index in [1.54, 1.807) is 17.1 Å². The summed E-state index contributed by atoms with van der Waals surface area (Å²) in [6.07, 6.45) is 3.81. The molecule has 2 N–H and O–H groups in total. The number of ether oxygens (including phenoxy) is 1. The maximum absolute atomic E-state index is 11.9. The van der Waals surface area contributed by atoms with E-state index in [-0.39, 0.29) is 18.5 Å². The summed E-state index contributed by atoms with van der Waals surface area (Å²) in [5.74, 6) is 0.0284. The number of hydrogen-bond donors (Lipinski definition) is 2. The van der Waals surface area contributed by atoms with Crippen molar-refractivity contribution in [2.24, 2.45) is 0 Å². The fourth-order valence-electron chi connectivity index (χ4n) is 2.28. The van der Waals surface area contributed by atoms with Crippen molar-refractivity contribution in [2.75, 3.05) is 26.2 Å². The second-order valence-corrected chi connectivity index (χ2v) is 5.41. The van der Waals surface area contributed by atoms with Crippen molar-refractivity contribution in [3.63, 3.8) is 0 Å². The summed E-state index contributed by atoms with van der Waals surface area (Å²) in [5.41, 5.74) is 0. The molecule has 1 unspecified atom stereocenters. The summed E-state index contributed by atoms with van der Waals surface area (Å²) in [6, 6.07) is 0.497. The molecule has 1 saturated heterocycles. The van der Waals surface area contributed by atoms with Gasteiger partial charge in [0.25, 0.3) is 6.47 Å². The van der Waals surface area contributed by atoms with E-state index in [1.165, 1.54) is 0 Å². The van der Waals surface area contributed by atoms with Gasteiger partial charge in [-0.2, -0.15) is 0 Å². The highest BCUT2D eigenvalue weighted by Gasteiger charge is 2.24. The molecule has 1 aromatic heterocycles. The Morgan fingerprint density at radius 2 is 2.30 bits per heavy atom. The summed E-state index contributed by atoms with van der Waals surface area (Å²) in [7, 11) is 0. The molecule has 1 aliphatic rings. The van der Waals surface area contributed by atoms with Gasteiger partial charge in [-0.1, -0.05) is 5.21 Å². The second kappa shape index (κ2) is 10.7. The molecule has 0 spiro atoms. The molecule has 0 aliphatic carbocycles. The van der Waals surface area contributed by atoms with Gasteiger partial charge in [-0.3, -0.25) is 19.2 Å². The SMILES string of the molecule is CC(C)N1CCOC(CC(=O)NCCn2ccnn2)C1.O=CO. The topological polar surface area (TPSA) is 110 Å². The average molecular weight is 327 g/mol. The normalized spacial score (nSPS) is 18.1.